The molecule has 2 aromatic rings. The molecule has 0 atom stereocenters. The minimum absolute atomic E-state index is 0.194. The fraction of sp³-hybridized carbons (Fsp3) is 0. The summed E-state index contributed by atoms with van der Waals surface area (Å²) in [5.74, 6) is -1.53. The zero-order valence-electron chi connectivity index (χ0n) is 10.8. The third-order valence-electron chi connectivity index (χ3n) is 3.42. The van der Waals surface area contributed by atoms with Gasteiger partial charge in [-0.05, 0) is 12.1 Å². The van der Waals surface area contributed by atoms with Crippen molar-refractivity contribution in [1.82, 2.24) is 0 Å². The van der Waals surface area contributed by atoms with Gasteiger partial charge in [-0.25, -0.2) is 0 Å². The summed E-state index contributed by atoms with van der Waals surface area (Å²) >= 11 is 0. The second-order valence-corrected chi connectivity index (χ2v) is 4.57. The molecule has 0 N–H and O–H groups in total. The molecule has 0 bridgehead atoms. The van der Waals surface area contributed by atoms with Crippen molar-refractivity contribution in [2.75, 3.05) is 0 Å². The summed E-state index contributed by atoms with van der Waals surface area (Å²) in [4.78, 5) is 45.5. The van der Waals surface area contributed by atoms with E-state index in [0.717, 1.165) is 12.1 Å². The van der Waals surface area contributed by atoms with Gasteiger partial charge in [0, 0.05) is 23.3 Å². The molecule has 0 heterocycles. The van der Waals surface area contributed by atoms with Gasteiger partial charge in [0.15, 0.2) is 0 Å². The Morgan fingerprint density at radius 2 is 1.05 bits per heavy atom. The van der Waals surface area contributed by atoms with E-state index in [0.29, 0.717) is 0 Å². The van der Waals surface area contributed by atoms with Crippen molar-refractivity contribution in [2.24, 2.45) is 0 Å². The molecule has 22 heavy (non-hydrogen) atoms. The van der Waals surface area contributed by atoms with Crippen molar-refractivity contribution in [3.8, 4) is 0 Å². The molecule has 0 radical (unpaired) electrons. The lowest BCUT2D eigenvalue weighted by Crippen LogP contribution is -2.23. The maximum atomic E-state index is 12.5. The minimum Gasteiger partial charge on any atom is -0.288 e. The second kappa shape index (κ2) is 4.55. The molecule has 0 amide bonds. The lowest BCUT2D eigenvalue weighted by atomic mass is 9.82. The SMILES string of the molecule is O=C1c2cccc([N+](=O)[O-])c2C(=O)c2cccc([N+](=O)[O-])c21. The predicted octanol–water partition coefficient (Wildman–Crippen LogP) is 2.28. The number of benzene rings is 2. The van der Waals surface area contributed by atoms with E-state index in [1.54, 1.807) is 0 Å². The molecule has 0 spiro atoms. The Kier molecular flexibility index (Phi) is 2.81. The molecule has 0 saturated heterocycles. The van der Waals surface area contributed by atoms with Gasteiger partial charge in [0.25, 0.3) is 11.4 Å². The summed E-state index contributed by atoms with van der Waals surface area (Å²) < 4.78 is 0. The number of ketones is 2. The number of carbonyl (C=O) groups excluding carboxylic acids is 2. The van der Waals surface area contributed by atoms with Gasteiger partial charge in [-0.15, -0.1) is 0 Å². The molecule has 1 aliphatic rings. The second-order valence-electron chi connectivity index (χ2n) is 4.57. The number of rotatable bonds is 2. The Hall–Kier alpha value is -3.42. The van der Waals surface area contributed by atoms with Crippen LogP contribution in [-0.4, -0.2) is 21.4 Å². The van der Waals surface area contributed by atoms with Crippen LogP contribution in [0.3, 0.4) is 0 Å². The third-order valence-corrected chi connectivity index (χ3v) is 3.42. The molecule has 3 rings (SSSR count). The summed E-state index contributed by atoms with van der Waals surface area (Å²) in [5.41, 5.74) is -2.03. The number of nitro groups is 2. The molecule has 0 fully saturated rings. The van der Waals surface area contributed by atoms with Crippen LogP contribution < -0.4 is 0 Å². The number of nitrogens with zero attached hydrogens (tertiary/aromatic N) is 2. The first-order valence-electron chi connectivity index (χ1n) is 6.07. The van der Waals surface area contributed by atoms with Crippen molar-refractivity contribution < 1.29 is 19.4 Å². The van der Waals surface area contributed by atoms with E-state index < -0.39 is 32.8 Å². The van der Waals surface area contributed by atoms with Gasteiger partial charge in [-0.1, -0.05) is 12.1 Å². The Bertz CT molecular complexity index is 813. The highest BCUT2D eigenvalue weighted by Gasteiger charge is 2.39. The number of hydrogen-bond donors (Lipinski definition) is 0. The highest BCUT2D eigenvalue weighted by Crippen LogP contribution is 2.36. The monoisotopic (exact) mass is 298 g/mol. The number of nitro benzene ring substituents is 2. The van der Waals surface area contributed by atoms with E-state index in [2.05, 4.69) is 0 Å². The fourth-order valence-electron chi connectivity index (χ4n) is 2.51. The van der Waals surface area contributed by atoms with Crippen molar-refractivity contribution in [3.05, 3.63) is 78.9 Å². The number of carbonyl (C=O) groups is 2. The summed E-state index contributed by atoms with van der Waals surface area (Å²) in [5, 5.41) is 22.1. The Morgan fingerprint density at radius 3 is 1.36 bits per heavy atom. The fourth-order valence-corrected chi connectivity index (χ4v) is 2.51. The van der Waals surface area contributed by atoms with E-state index in [1.165, 1.54) is 24.3 Å². The van der Waals surface area contributed by atoms with Crippen LogP contribution in [0.2, 0.25) is 0 Å². The molecule has 8 nitrogen and oxygen atoms in total. The van der Waals surface area contributed by atoms with Gasteiger partial charge in [-0.2, -0.15) is 0 Å². The summed E-state index contributed by atoms with van der Waals surface area (Å²) in [6.07, 6.45) is 0. The summed E-state index contributed by atoms with van der Waals surface area (Å²) in [6.45, 7) is 0. The van der Waals surface area contributed by atoms with Crippen LogP contribution in [0.15, 0.2) is 36.4 Å². The van der Waals surface area contributed by atoms with E-state index in [-0.39, 0.29) is 22.3 Å². The van der Waals surface area contributed by atoms with Gasteiger partial charge in [0.05, 0.1) is 9.85 Å². The van der Waals surface area contributed by atoms with Crippen molar-refractivity contribution in [3.63, 3.8) is 0 Å². The van der Waals surface area contributed by atoms with E-state index in [4.69, 9.17) is 0 Å². The largest absolute Gasteiger partial charge is 0.288 e. The van der Waals surface area contributed by atoms with E-state index in [9.17, 15) is 29.8 Å². The maximum absolute atomic E-state index is 12.5. The van der Waals surface area contributed by atoms with Crippen LogP contribution in [0.4, 0.5) is 11.4 Å². The molecular formula is C14H6N2O6. The van der Waals surface area contributed by atoms with Crippen LogP contribution in [0.25, 0.3) is 0 Å². The Labute approximate surface area is 122 Å². The third kappa shape index (κ3) is 1.71. The van der Waals surface area contributed by atoms with Crippen LogP contribution in [0.1, 0.15) is 31.8 Å². The molecule has 108 valence electrons. The molecule has 0 aromatic heterocycles. The van der Waals surface area contributed by atoms with Crippen LogP contribution in [0.5, 0.6) is 0 Å². The van der Waals surface area contributed by atoms with E-state index in [1.807, 2.05) is 0 Å². The topological polar surface area (TPSA) is 120 Å². The van der Waals surface area contributed by atoms with Crippen LogP contribution in [0, 0.1) is 20.2 Å². The molecular weight excluding hydrogens is 292 g/mol. The summed E-state index contributed by atoms with van der Waals surface area (Å²) in [7, 11) is 0. The first-order chi connectivity index (χ1) is 10.4. The summed E-state index contributed by atoms with van der Waals surface area (Å²) in [6, 6.07) is 7.27. The van der Waals surface area contributed by atoms with Crippen LogP contribution in [-0.2, 0) is 0 Å². The number of fused-ring (bicyclic) bond motifs is 2. The predicted molar refractivity (Wildman–Crippen MR) is 73.1 cm³/mol. The van der Waals surface area contributed by atoms with Gasteiger partial charge in [0.2, 0.25) is 11.6 Å². The highest BCUT2D eigenvalue weighted by molar-refractivity contribution is 6.31. The first kappa shape index (κ1) is 13.6. The normalized spacial score (nSPS) is 12.5. The molecule has 0 unspecified atom stereocenters. The van der Waals surface area contributed by atoms with Crippen molar-refractivity contribution in [2.45, 2.75) is 0 Å². The van der Waals surface area contributed by atoms with Gasteiger partial charge in [0.1, 0.15) is 11.1 Å². The van der Waals surface area contributed by atoms with Crippen molar-refractivity contribution >= 4 is 22.9 Å². The van der Waals surface area contributed by atoms with Crippen molar-refractivity contribution in [1.29, 1.82) is 0 Å². The van der Waals surface area contributed by atoms with E-state index >= 15 is 0 Å². The lowest BCUT2D eigenvalue weighted by molar-refractivity contribution is -0.385. The molecule has 0 aliphatic heterocycles. The first-order valence-corrected chi connectivity index (χ1v) is 6.07. The quantitative estimate of drug-likeness (QED) is 0.528. The Balaban J connectivity index is 2.38. The zero-order chi connectivity index (χ0) is 16.0. The van der Waals surface area contributed by atoms with Gasteiger partial charge < -0.3 is 0 Å². The molecule has 8 heteroatoms. The molecule has 1 aliphatic carbocycles. The van der Waals surface area contributed by atoms with Crippen LogP contribution >= 0.6 is 0 Å². The van der Waals surface area contributed by atoms with Gasteiger partial charge >= 0.3 is 0 Å². The average Bonchev–Trinajstić information content (AvgIpc) is 2.51. The highest BCUT2D eigenvalue weighted by atomic mass is 16.6. The zero-order valence-corrected chi connectivity index (χ0v) is 10.8. The smallest absolute Gasteiger partial charge is 0.281 e. The molecule has 2 aromatic carbocycles. The average molecular weight is 298 g/mol. The minimum atomic E-state index is -0.763. The maximum Gasteiger partial charge on any atom is 0.281 e. The molecule has 0 saturated carbocycles. The lowest BCUT2D eigenvalue weighted by Gasteiger charge is -2.16. The Morgan fingerprint density at radius 1 is 0.682 bits per heavy atom. The standard InChI is InChI=1S/C14H6N2O6/c17-13-7-3-1-5-9(15(19)20)11(7)14(18)8-4-2-6-10(12(8)13)16(21)22/h1-6H. The number of hydrogen-bond acceptors (Lipinski definition) is 6. The van der Waals surface area contributed by atoms with Gasteiger partial charge in [-0.3, -0.25) is 29.8 Å².